The standard InChI is InChI=1S/C28H24ClNO4/c1-3-16-33-25-7-5-4-6-22(25)11-15-28(31)34-26-14-8-20(18-27(26)32-2)17-23(19-30)21-9-12-24(29)13-10-21/h4-15,17-18H,3,16H2,1-2H3/b15-11+,23-17+. The molecule has 6 heteroatoms. The molecule has 172 valence electrons. The van der Waals surface area contributed by atoms with E-state index in [-0.39, 0.29) is 5.75 Å². The van der Waals surface area contributed by atoms with Crippen molar-refractivity contribution < 1.29 is 19.0 Å². The Bertz CT molecular complexity index is 1240. The number of rotatable bonds is 9. The van der Waals surface area contributed by atoms with Crippen LogP contribution in [0, 0.1) is 11.3 Å². The smallest absolute Gasteiger partial charge is 0.336 e. The fraction of sp³-hybridized carbons (Fsp3) is 0.143. The van der Waals surface area contributed by atoms with Crippen molar-refractivity contribution >= 4 is 35.3 Å². The largest absolute Gasteiger partial charge is 0.493 e. The van der Waals surface area contributed by atoms with Crippen LogP contribution in [0.1, 0.15) is 30.0 Å². The summed E-state index contributed by atoms with van der Waals surface area (Å²) >= 11 is 5.93. The Hall–Kier alpha value is -4.01. The van der Waals surface area contributed by atoms with Crippen molar-refractivity contribution in [3.63, 3.8) is 0 Å². The topological polar surface area (TPSA) is 68.5 Å². The molecule has 0 atom stereocenters. The summed E-state index contributed by atoms with van der Waals surface area (Å²) < 4.78 is 16.6. The zero-order chi connectivity index (χ0) is 24.3. The first-order valence-electron chi connectivity index (χ1n) is 10.7. The van der Waals surface area contributed by atoms with Crippen LogP contribution in [0.3, 0.4) is 0 Å². The zero-order valence-corrected chi connectivity index (χ0v) is 19.7. The van der Waals surface area contributed by atoms with E-state index in [1.807, 2.05) is 31.2 Å². The Morgan fingerprint density at radius 3 is 2.50 bits per heavy atom. The van der Waals surface area contributed by atoms with E-state index in [4.69, 9.17) is 25.8 Å². The van der Waals surface area contributed by atoms with Gasteiger partial charge >= 0.3 is 5.97 Å². The van der Waals surface area contributed by atoms with Crippen molar-refractivity contribution in [2.75, 3.05) is 13.7 Å². The van der Waals surface area contributed by atoms with Gasteiger partial charge in [0.15, 0.2) is 11.5 Å². The highest BCUT2D eigenvalue weighted by atomic mass is 35.5. The molecule has 0 heterocycles. The fourth-order valence-corrected chi connectivity index (χ4v) is 3.22. The average molecular weight is 474 g/mol. The minimum Gasteiger partial charge on any atom is -0.493 e. The van der Waals surface area contributed by atoms with Crippen LogP contribution in [-0.4, -0.2) is 19.7 Å². The molecular weight excluding hydrogens is 450 g/mol. The molecule has 34 heavy (non-hydrogen) atoms. The molecule has 5 nitrogen and oxygen atoms in total. The molecule has 0 saturated carbocycles. The van der Waals surface area contributed by atoms with Gasteiger partial charge < -0.3 is 14.2 Å². The summed E-state index contributed by atoms with van der Waals surface area (Å²) in [4.78, 5) is 12.4. The Morgan fingerprint density at radius 2 is 1.79 bits per heavy atom. The second-order valence-electron chi connectivity index (χ2n) is 7.23. The summed E-state index contributed by atoms with van der Waals surface area (Å²) in [6, 6.07) is 21.8. The lowest BCUT2D eigenvalue weighted by Crippen LogP contribution is -2.05. The van der Waals surface area contributed by atoms with E-state index in [0.717, 1.165) is 23.1 Å². The summed E-state index contributed by atoms with van der Waals surface area (Å²) in [5, 5.41) is 10.2. The zero-order valence-electron chi connectivity index (χ0n) is 19.0. The highest BCUT2D eigenvalue weighted by Gasteiger charge is 2.10. The number of carbonyl (C=O) groups excluding carboxylic acids is 1. The van der Waals surface area contributed by atoms with Gasteiger partial charge in [0.05, 0.1) is 25.4 Å². The lowest BCUT2D eigenvalue weighted by molar-refractivity contribution is -0.129. The fourth-order valence-electron chi connectivity index (χ4n) is 3.10. The Kier molecular flexibility index (Phi) is 8.90. The number of halogens is 1. The lowest BCUT2D eigenvalue weighted by atomic mass is 10.0. The van der Waals surface area contributed by atoms with Crippen molar-refractivity contribution in [1.82, 2.24) is 0 Å². The Morgan fingerprint density at radius 1 is 1.03 bits per heavy atom. The first kappa shape index (κ1) is 24.6. The van der Waals surface area contributed by atoms with Gasteiger partial charge in [-0.3, -0.25) is 0 Å². The number of methoxy groups -OCH3 is 1. The summed E-state index contributed by atoms with van der Waals surface area (Å²) in [6.45, 7) is 2.63. The second-order valence-corrected chi connectivity index (χ2v) is 7.66. The third-order valence-corrected chi connectivity index (χ3v) is 5.02. The number of hydrogen-bond acceptors (Lipinski definition) is 5. The van der Waals surface area contributed by atoms with Crippen LogP contribution >= 0.6 is 11.6 Å². The molecule has 0 spiro atoms. The molecule has 0 aromatic heterocycles. The average Bonchev–Trinajstić information content (AvgIpc) is 2.86. The van der Waals surface area contributed by atoms with Gasteiger partial charge in [-0.25, -0.2) is 4.79 Å². The summed E-state index contributed by atoms with van der Waals surface area (Å²) in [6.07, 6.45) is 5.61. The maximum Gasteiger partial charge on any atom is 0.336 e. The molecule has 0 aliphatic heterocycles. The molecule has 0 saturated heterocycles. The van der Waals surface area contributed by atoms with Gasteiger partial charge in [-0.15, -0.1) is 0 Å². The molecule has 0 amide bonds. The number of esters is 1. The van der Waals surface area contributed by atoms with E-state index in [1.165, 1.54) is 13.2 Å². The molecular formula is C28H24ClNO4. The number of benzene rings is 3. The van der Waals surface area contributed by atoms with E-state index < -0.39 is 5.97 Å². The van der Waals surface area contributed by atoms with Crippen LogP contribution in [0.25, 0.3) is 17.7 Å². The van der Waals surface area contributed by atoms with Crippen molar-refractivity contribution in [2.24, 2.45) is 0 Å². The van der Waals surface area contributed by atoms with Crippen LogP contribution in [-0.2, 0) is 4.79 Å². The van der Waals surface area contributed by atoms with Crippen LogP contribution in [0.5, 0.6) is 17.2 Å². The SMILES string of the molecule is CCCOc1ccccc1/C=C/C(=O)Oc1ccc(/C=C(\C#N)c2ccc(Cl)cc2)cc1OC. The third-order valence-electron chi connectivity index (χ3n) is 4.76. The number of para-hydroxylation sites is 1. The summed E-state index contributed by atoms with van der Waals surface area (Å²) in [5.41, 5.74) is 2.72. The maximum absolute atomic E-state index is 12.4. The van der Waals surface area contributed by atoms with Gasteiger partial charge in [-0.2, -0.15) is 5.26 Å². The first-order valence-corrected chi connectivity index (χ1v) is 11.1. The molecule has 3 rings (SSSR count). The van der Waals surface area contributed by atoms with Crippen LogP contribution in [0.4, 0.5) is 0 Å². The summed E-state index contributed by atoms with van der Waals surface area (Å²) in [5.74, 6) is 0.798. The normalized spacial score (nSPS) is 11.2. The third kappa shape index (κ3) is 6.74. The lowest BCUT2D eigenvalue weighted by Gasteiger charge is -2.10. The van der Waals surface area contributed by atoms with Gasteiger partial charge in [0.1, 0.15) is 5.75 Å². The van der Waals surface area contributed by atoms with Crippen LogP contribution in [0.2, 0.25) is 5.02 Å². The number of ether oxygens (including phenoxy) is 3. The number of nitrogens with zero attached hydrogens (tertiary/aromatic N) is 1. The van der Waals surface area contributed by atoms with Gasteiger partial charge in [-0.05, 0) is 60.0 Å². The van der Waals surface area contributed by atoms with Crippen LogP contribution < -0.4 is 14.2 Å². The molecule has 3 aromatic rings. The van der Waals surface area contributed by atoms with Crippen molar-refractivity contribution in [3.8, 4) is 23.3 Å². The predicted octanol–water partition coefficient (Wildman–Crippen LogP) is 6.82. The van der Waals surface area contributed by atoms with E-state index in [2.05, 4.69) is 6.07 Å². The molecule has 0 aliphatic rings. The monoisotopic (exact) mass is 473 g/mol. The van der Waals surface area contributed by atoms with E-state index >= 15 is 0 Å². The molecule has 0 fully saturated rings. The molecule has 0 N–H and O–H groups in total. The van der Waals surface area contributed by atoms with Crippen molar-refractivity contribution in [2.45, 2.75) is 13.3 Å². The predicted molar refractivity (Wildman–Crippen MR) is 135 cm³/mol. The van der Waals surface area contributed by atoms with E-state index in [0.29, 0.717) is 28.7 Å². The van der Waals surface area contributed by atoms with Gasteiger partial charge in [0, 0.05) is 16.7 Å². The Labute approximate surface area is 204 Å². The molecule has 0 unspecified atom stereocenters. The minimum atomic E-state index is -0.550. The molecule has 0 aliphatic carbocycles. The highest BCUT2D eigenvalue weighted by Crippen LogP contribution is 2.30. The number of nitriles is 1. The molecule has 0 bridgehead atoms. The van der Waals surface area contributed by atoms with Crippen molar-refractivity contribution in [1.29, 1.82) is 5.26 Å². The van der Waals surface area contributed by atoms with Crippen LogP contribution in [0.15, 0.2) is 72.8 Å². The van der Waals surface area contributed by atoms with Crippen molar-refractivity contribution in [3.05, 3.63) is 94.5 Å². The van der Waals surface area contributed by atoms with Gasteiger partial charge in [-0.1, -0.05) is 54.9 Å². The highest BCUT2D eigenvalue weighted by molar-refractivity contribution is 6.30. The minimum absolute atomic E-state index is 0.273. The number of carbonyl (C=O) groups is 1. The quantitative estimate of drug-likeness (QED) is 0.112. The van der Waals surface area contributed by atoms with E-state index in [9.17, 15) is 10.1 Å². The Balaban J connectivity index is 1.76. The summed E-state index contributed by atoms with van der Waals surface area (Å²) in [7, 11) is 1.49. The molecule has 0 radical (unpaired) electrons. The van der Waals surface area contributed by atoms with Gasteiger partial charge in [0.25, 0.3) is 0 Å². The van der Waals surface area contributed by atoms with Gasteiger partial charge in [0.2, 0.25) is 0 Å². The molecule has 3 aromatic carbocycles. The number of hydrogen-bond donors (Lipinski definition) is 0. The first-order chi connectivity index (χ1) is 16.5. The second kappa shape index (κ2) is 12.3. The number of allylic oxidation sites excluding steroid dienone is 1. The maximum atomic E-state index is 12.4. The van der Waals surface area contributed by atoms with E-state index in [1.54, 1.807) is 54.6 Å².